The molecular weight excluding hydrogens is 246 g/mol. The third-order valence-corrected chi connectivity index (χ3v) is 4.23. The molecule has 0 saturated carbocycles. The highest BCUT2D eigenvalue weighted by molar-refractivity contribution is 5.88. The number of ether oxygens (including phenoxy) is 1. The summed E-state index contributed by atoms with van der Waals surface area (Å²) in [6.07, 6.45) is 3.87. The third kappa shape index (κ3) is 2.80. The van der Waals surface area contributed by atoms with Crippen molar-refractivity contribution in [1.29, 1.82) is 0 Å². The zero-order valence-corrected chi connectivity index (χ0v) is 12.1. The monoisotopic (exact) mass is 269 g/mol. The van der Waals surface area contributed by atoms with E-state index in [2.05, 4.69) is 54.7 Å². The van der Waals surface area contributed by atoms with Crippen molar-refractivity contribution in [2.75, 3.05) is 13.1 Å². The largest absolute Gasteiger partial charge is 0.489 e. The molecule has 0 spiro atoms. The van der Waals surface area contributed by atoms with Crippen molar-refractivity contribution in [2.24, 2.45) is 5.92 Å². The number of fused-ring (bicyclic) bond motifs is 1. The highest BCUT2D eigenvalue weighted by Gasteiger charge is 2.26. The fourth-order valence-electron chi connectivity index (χ4n) is 3.13. The highest BCUT2D eigenvalue weighted by Crippen LogP contribution is 2.29. The van der Waals surface area contributed by atoms with E-state index in [0.29, 0.717) is 12.0 Å². The van der Waals surface area contributed by atoms with Crippen molar-refractivity contribution >= 4 is 10.8 Å². The second-order valence-corrected chi connectivity index (χ2v) is 5.68. The zero-order chi connectivity index (χ0) is 13.8. The predicted octanol–water partition coefficient (Wildman–Crippen LogP) is 4.00. The molecule has 1 N–H and O–H groups in total. The van der Waals surface area contributed by atoms with Gasteiger partial charge in [0, 0.05) is 17.8 Å². The summed E-state index contributed by atoms with van der Waals surface area (Å²) in [6, 6.07) is 14.8. The van der Waals surface area contributed by atoms with E-state index in [1.165, 1.54) is 23.6 Å². The Morgan fingerprint density at radius 3 is 2.85 bits per heavy atom. The van der Waals surface area contributed by atoms with Gasteiger partial charge in [-0.2, -0.15) is 0 Å². The Bertz CT molecular complexity index is 555. The first kappa shape index (κ1) is 13.4. The summed E-state index contributed by atoms with van der Waals surface area (Å²) in [5.41, 5.74) is 0. The minimum absolute atomic E-state index is 0.334. The van der Waals surface area contributed by atoms with E-state index in [9.17, 15) is 0 Å². The van der Waals surface area contributed by atoms with E-state index in [0.717, 1.165) is 25.3 Å². The van der Waals surface area contributed by atoms with Gasteiger partial charge in [0.2, 0.25) is 0 Å². The van der Waals surface area contributed by atoms with Crippen molar-refractivity contribution < 1.29 is 4.74 Å². The number of rotatable bonds is 5. The number of hydrogen-bond acceptors (Lipinski definition) is 2. The Morgan fingerprint density at radius 2 is 2.05 bits per heavy atom. The minimum Gasteiger partial charge on any atom is -0.489 e. The van der Waals surface area contributed by atoms with Crippen molar-refractivity contribution in [1.82, 2.24) is 5.32 Å². The lowest BCUT2D eigenvalue weighted by Gasteiger charge is -2.24. The molecule has 0 radical (unpaired) electrons. The van der Waals surface area contributed by atoms with Gasteiger partial charge in [0.05, 0.1) is 0 Å². The Kier molecular flexibility index (Phi) is 4.22. The second-order valence-electron chi connectivity index (χ2n) is 5.68. The molecule has 2 aromatic carbocycles. The molecule has 1 aliphatic rings. The maximum absolute atomic E-state index is 6.41. The molecular formula is C18H23NO. The van der Waals surface area contributed by atoms with Gasteiger partial charge in [0.25, 0.3) is 0 Å². The van der Waals surface area contributed by atoms with Gasteiger partial charge in [-0.05, 0) is 30.8 Å². The first-order valence-corrected chi connectivity index (χ1v) is 7.73. The minimum atomic E-state index is 0.334. The molecule has 3 rings (SSSR count). The van der Waals surface area contributed by atoms with Gasteiger partial charge in [-0.1, -0.05) is 49.7 Å². The topological polar surface area (TPSA) is 21.3 Å². The van der Waals surface area contributed by atoms with Crippen LogP contribution in [0.15, 0.2) is 42.5 Å². The lowest BCUT2D eigenvalue weighted by molar-refractivity contribution is 0.134. The fraction of sp³-hybridized carbons (Fsp3) is 0.444. The van der Waals surface area contributed by atoms with Crippen molar-refractivity contribution in [2.45, 2.75) is 32.3 Å². The van der Waals surface area contributed by atoms with E-state index in [4.69, 9.17) is 4.74 Å². The Morgan fingerprint density at radius 1 is 1.20 bits per heavy atom. The molecule has 1 unspecified atom stereocenters. The number of benzene rings is 2. The SMILES string of the molecule is CCC[C@@H](Oc1cccc2ccccc12)C1CCNC1. The van der Waals surface area contributed by atoms with Crippen LogP contribution < -0.4 is 10.1 Å². The second kappa shape index (κ2) is 6.27. The van der Waals surface area contributed by atoms with Crippen LogP contribution in [0.25, 0.3) is 10.8 Å². The molecule has 1 heterocycles. The molecule has 2 atom stereocenters. The summed E-state index contributed by atoms with van der Waals surface area (Å²) < 4.78 is 6.41. The summed E-state index contributed by atoms with van der Waals surface area (Å²) >= 11 is 0. The first-order valence-electron chi connectivity index (χ1n) is 7.73. The lowest BCUT2D eigenvalue weighted by Crippen LogP contribution is -2.28. The van der Waals surface area contributed by atoms with E-state index < -0.39 is 0 Å². The molecule has 0 amide bonds. The first-order chi connectivity index (χ1) is 9.88. The molecule has 2 aromatic rings. The van der Waals surface area contributed by atoms with Crippen LogP contribution in [0.1, 0.15) is 26.2 Å². The summed E-state index contributed by atoms with van der Waals surface area (Å²) in [4.78, 5) is 0. The van der Waals surface area contributed by atoms with E-state index >= 15 is 0 Å². The summed E-state index contributed by atoms with van der Waals surface area (Å²) in [6.45, 7) is 4.46. The van der Waals surface area contributed by atoms with Crippen LogP contribution >= 0.6 is 0 Å². The predicted molar refractivity (Wildman–Crippen MR) is 84.2 cm³/mol. The molecule has 20 heavy (non-hydrogen) atoms. The maximum atomic E-state index is 6.41. The molecule has 106 valence electrons. The normalized spacial score (nSPS) is 20.1. The molecule has 0 bridgehead atoms. The van der Waals surface area contributed by atoms with Gasteiger partial charge in [-0.25, -0.2) is 0 Å². The molecule has 2 nitrogen and oxygen atoms in total. The van der Waals surface area contributed by atoms with Crippen molar-refractivity contribution in [3.8, 4) is 5.75 Å². The van der Waals surface area contributed by atoms with Crippen LogP contribution in [-0.4, -0.2) is 19.2 Å². The smallest absolute Gasteiger partial charge is 0.127 e. The molecule has 2 heteroatoms. The molecule has 0 aliphatic carbocycles. The van der Waals surface area contributed by atoms with Gasteiger partial charge in [0.1, 0.15) is 11.9 Å². The average molecular weight is 269 g/mol. The van der Waals surface area contributed by atoms with Crippen LogP contribution in [-0.2, 0) is 0 Å². The fourth-order valence-corrected chi connectivity index (χ4v) is 3.13. The number of nitrogens with one attached hydrogen (secondary N) is 1. The average Bonchev–Trinajstić information content (AvgIpc) is 3.01. The van der Waals surface area contributed by atoms with Crippen LogP contribution in [0.3, 0.4) is 0 Å². The van der Waals surface area contributed by atoms with Crippen LogP contribution in [0, 0.1) is 5.92 Å². The molecule has 1 saturated heterocycles. The standard InChI is InChI=1S/C18H23NO/c1-2-6-17(15-11-12-19-13-15)20-18-10-5-8-14-7-3-4-9-16(14)18/h3-5,7-10,15,17,19H,2,6,11-13H2,1H3/t15?,17-/m1/s1. The van der Waals surface area contributed by atoms with Crippen LogP contribution in [0.4, 0.5) is 0 Å². The van der Waals surface area contributed by atoms with E-state index in [1.807, 2.05) is 0 Å². The van der Waals surface area contributed by atoms with Gasteiger partial charge >= 0.3 is 0 Å². The Balaban J connectivity index is 1.86. The van der Waals surface area contributed by atoms with Crippen LogP contribution in [0.5, 0.6) is 5.75 Å². The van der Waals surface area contributed by atoms with Gasteiger partial charge in [0.15, 0.2) is 0 Å². The van der Waals surface area contributed by atoms with Gasteiger partial charge in [-0.15, -0.1) is 0 Å². The Labute approximate surface area is 121 Å². The van der Waals surface area contributed by atoms with Crippen molar-refractivity contribution in [3.63, 3.8) is 0 Å². The number of hydrogen-bond donors (Lipinski definition) is 1. The summed E-state index contributed by atoms with van der Waals surface area (Å²) in [5, 5.41) is 5.93. The van der Waals surface area contributed by atoms with Crippen molar-refractivity contribution in [3.05, 3.63) is 42.5 Å². The van der Waals surface area contributed by atoms with Crippen LogP contribution in [0.2, 0.25) is 0 Å². The summed E-state index contributed by atoms with van der Waals surface area (Å²) in [5.74, 6) is 1.68. The Hall–Kier alpha value is -1.54. The maximum Gasteiger partial charge on any atom is 0.127 e. The molecule has 0 aromatic heterocycles. The van der Waals surface area contributed by atoms with E-state index in [1.54, 1.807) is 0 Å². The zero-order valence-electron chi connectivity index (χ0n) is 12.1. The molecule has 1 aliphatic heterocycles. The third-order valence-electron chi connectivity index (χ3n) is 4.23. The van der Waals surface area contributed by atoms with E-state index in [-0.39, 0.29) is 0 Å². The summed E-state index contributed by atoms with van der Waals surface area (Å²) in [7, 11) is 0. The van der Waals surface area contributed by atoms with Gasteiger partial charge in [-0.3, -0.25) is 0 Å². The lowest BCUT2D eigenvalue weighted by atomic mass is 9.97. The highest BCUT2D eigenvalue weighted by atomic mass is 16.5. The molecule has 1 fully saturated rings. The quantitative estimate of drug-likeness (QED) is 0.886. The van der Waals surface area contributed by atoms with Gasteiger partial charge < -0.3 is 10.1 Å².